The van der Waals surface area contributed by atoms with Crippen LogP contribution in [0.4, 0.5) is 4.39 Å². The molecule has 27 heavy (non-hydrogen) atoms. The van der Waals surface area contributed by atoms with Gasteiger partial charge in [-0.2, -0.15) is 0 Å². The summed E-state index contributed by atoms with van der Waals surface area (Å²) < 4.78 is 27.6. The molecule has 1 fully saturated rings. The topological polar surface area (TPSA) is 31.4 Å². The summed E-state index contributed by atoms with van der Waals surface area (Å²) in [4.78, 5) is 4.66. The van der Waals surface area contributed by atoms with Gasteiger partial charge in [0.2, 0.25) is 0 Å². The van der Waals surface area contributed by atoms with Crippen LogP contribution in [-0.2, 0) is 9.31 Å². The van der Waals surface area contributed by atoms with Crippen LogP contribution >= 0.6 is 0 Å². The number of aryl methyl sites for hydroxylation is 1. The first-order valence-corrected chi connectivity index (χ1v) is 9.52. The molecule has 1 aliphatic carbocycles. The van der Waals surface area contributed by atoms with Crippen molar-refractivity contribution in [1.82, 2.24) is 4.98 Å². The van der Waals surface area contributed by atoms with E-state index in [1.54, 1.807) is 6.07 Å². The minimum absolute atomic E-state index is 0.365. The van der Waals surface area contributed by atoms with E-state index in [1.165, 1.54) is 0 Å². The first kappa shape index (κ1) is 18.4. The van der Waals surface area contributed by atoms with Crippen LogP contribution in [0.5, 0.6) is 0 Å². The number of fused-ring (bicyclic) bond motifs is 1. The van der Waals surface area contributed by atoms with E-state index in [2.05, 4.69) is 23.2 Å². The largest absolute Gasteiger partial charge is 0.497 e. The van der Waals surface area contributed by atoms with Crippen LogP contribution in [-0.4, -0.2) is 23.3 Å². The van der Waals surface area contributed by atoms with Gasteiger partial charge in [0.15, 0.2) is 0 Å². The molecule has 0 saturated carbocycles. The summed E-state index contributed by atoms with van der Waals surface area (Å²) in [7, 11) is -0.737. The van der Waals surface area contributed by atoms with Gasteiger partial charge in [0.1, 0.15) is 11.3 Å². The molecule has 0 atom stereocenters. The summed E-state index contributed by atoms with van der Waals surface area (Å²) in [6.07, 6.45) is 8.38. The molecule has 140 valence electrons. The van der Waals surface area contributed by atoms with Gasteiger partial charge in [-0.15, -0.1) is 0 Å². The van der Waals surface area contributed by atoms with E-state index in [0.717, 1.165) is 35.1 Å². The standard InChI is InChI=1S/C22H25BFNO2/c1-14-13-18(15-9-7-6-8-10-15)25-20-16(14)11-12-17(19(20)24)23-26-21(2,3)22(4,5)27-23/h7,9-13H,6,8H2,1-5H3. The molecule has 0 bridgehead atoms. The third-order valence-corrected chi connectivity index (χ3v) is 5.95. The third kappa shape index (κ3) is 3.03. The predicted molar refractivity (Wildman–Crippen MR) is 109 cm³/mol. The second-order valence-corrected chi connectivity index (χ2v) is 8.42. The van der Waals surface area contributed by atoms with E-state index in [-0.39, 0.29) is 5.82 Å². The molecule has 1 aliphatic heterocycles. The van der Waals surface area contributed by atoms with Crippen LogP contribution in [0.3, 0.4) is 0 Å². The summed E-state index contributed by atoms with van der Waals surface area (Å²) in [6.45, 7) is 9.86. The van der Waals surface area contributed by atoms with Crippen LogP contribution in [0.2, 0.25) is 0 Å². The number of benzene rings is 1. The fraction of sp³-hybridized carbons (Fsp3) is 0.409. The number of hydrogen-bond donors (Lipinski definition) is 0. The van der Waals surface area contributed by atoms with Gasteiger partial charge in [-0.05, 0) is 64.7 Å². The molecule has 4 rings (SSSR count). The SMILES string of the molecule is Cc1cc(C2=CCCC=C2)nc2c(F)c(B3OC(C)(C)C(C)(C)O3)ccc12. The van der Waals surface area contributed by atoms with Gasteiger partial charge < -0.3 is 9.31 Å². The molecule has 2 aromatic rings. The Labute approximate surface area is 160 Å². The maximum Gasteiger partial charge on any atom is 0.497 e. The van der Waals surface area contributed by atoms with Crippen LogP contribution in [0.15, 0.2) is 36.4 Å². The van der Waals surface area contributed by atoms with Gasteiger partial charge in [-0.25, -0.2) is 9.37 Å². The molecule has 1 aromatic carbocycles. The van der Waals surface area contributed by atoms with Crippen LogP contribution in [0.25, 0.3) is 16.5 Å². The quantitative estimate of drug-likeness (QED) is 0.722. The van der Waals surface area contributed by atoms with E-state index >= 15 is 4.39 Å². The third-order valence-electron chi connectivity index (χ3n) is 5.95. The van der Waals surface area contributed by atoms with Crippen molar-refractivity contribution < 1.29 is 13.7 Å². The second-order valence-electron chi connectivity index (χ2n) is 8.42. The van der Waals surface area contributed by atoms with Crippen molar-refractivity contribution >= 4 is 29.1 Å². The molecule has 5 heteroatoms. The summed E-state index contributed by atoms with van der Waals surface area (Å²) in [5, 5.41) is 0.817. The molecule has 3 nitrogen and oxygen atoms in total. The van der Waals surface area contributed by atoms with E-state index in [1.807, 2.05) is 46.8 Å². The van der Waals surface area contributed by atoms with Crippen LogP contribution in [0, 0.1) is 12.7 Å². The monoisotopic (exact) mass is 365 g/mol. The molecule has 0 spiro atoms. The van der Waals surface area contributed by atoms with E-state index in [0.29, 0.717) is 11.0 Å². The summed E-state index contributed by atoms with van der Waals surface area (Å²) in [5.74, 6) is -0.365. The average Bonchev–Trinajstić information content (AvgIpc) is 2.84. The fourth-order valence-corrected chi connectivity index (χ4v) is 3.55. The predicted octanol–water partition coefficient (Wildman–Crippen LogP) is 4.71. The lowest BCUT2D eigenvalue weighted by Crippen LogP contribution is -2.41. The number of halogens is 1. The van der Waals surface area contributed by atoms with Gasteiger partial charge >= 0.3 is 7.12 Å². The number of rotatable bonds is 2. The Hall–Kier alpha value is -1.98. The molecule has 0 N–H and O–H groups in total. The second kappa shape index (κ2) is 6.28. The van der Waals surface area contributed by atoms with E-state index in [9.17, 15) is 0 Å². The minimum atomic E-state index is -0.737. The first-order valence-electron chi connectivity index (χ1n) is 9.52. The highest BCUT2D eigenvalue weighted by atomic mass is 19.1. The highest BCUT2D eigenvalue weighted by Crippen LogP contribution is 2.37. The van der Waals surface area contributed by atoms with Gasteiger partial charge in [-0.3, -0.25) is 0 Å². The minimum Gasteiger partial charge on any atom is -0.399 e. The first-order chi connectivity index (χ1) is 12.7. The zero-order valence-corrected chi connectivity index (χ0v) is 16.6. The van der Waals surface area contributed by atoms with E-state index < -0.39 is 18.3 Å². The Bertz CT molecular complexity index is 962. The van der Waals surface area contributed by atoms with Crippen molar-refractivity contribution in [2.75, 3.05) is 0 Å². The number of hydrogen-bond acceptors (Lipinski definition) is 3. The Balaban J connectivity index is 1.82. The van der Waals surface area contributed by atoms with Crippen molar-refractivity contribution in [3.8, 4) is 0 Å². The number of allylic oxidation sites excluding steroid dienone is 4. The van der Waals surface area contributed by atoms with E-state index in [4.69, 9.17) is 9.31 Å². The van der Waals surface area contributed by atoms with Crippen molar-refractivity contribution in [2.45, 2.75) is 58.7 Å². The molecule has 1 aromatic heterocycles. The normalized spacial score (nSPS) is 21.0. The van der Waals surface area contributed by atoms with Crippen molar-refractivity contribution in [2.24, 2.45) is 0 Å². The Morgan fingerprint density at radius 3 is 2.41 bits per heavy atom. The maximum atomic E-state index is 15.5. The molecular formula is C22H25BFNO2. The number of aromatic nitrogens is 1. The Kier molecular flexibility index (Phi) is 4.28. The smallest absolute Gasteiger partial charge is 0.399 e. The fourth-order valence-electron chi connectivity index (χ4n) is 3.55. The van der Waals surface area contributed by atoms with Gasteiger partial charge in [0.05, 0.1) is 16.9 Å². The number of pyridine rings is 1. The maximum absolute atomic E-state index is 15.5. The summed E-state index contributed by atoms with van der Waals surface area (Å²) >= 11 is 0. The molecule has 2 heterocycles. The lowest BCUT2D eigenvalue weighted by atomic mass is 9.78. The average molecular weight is 365 g/mol. The number of nitrogens with zero attached hydrogens (tertiary/aromatic N) is 1. The Morgan fingerprint density at radius 2 is 1.78 bits per heavy atom. The van der Waals surface area contributed by atoms with Gasteiger partial charge in [0, 0.05) is 10.8 Å². The molecule has 0 amide bonds. The zero-order chi connectivity index (χ0) is 19.4. The summed E-state index contributed by atoms with van der Waals surface area (Å²) in [6, 6.07) is 5.70. The lowest BCUT2D eigenvalue weighted by molar-refractivity contribution is 0.00578. The molecular weight excluding hydrogens is 340 g/mol. The van der Waals surface area contributed by atoms with Crippen molar-refractivity contribution in [1.29, 1.82) is 0 Å². The zero-order valence-electron chi connectivity index (χ0n) is 16.6. The Morgan fingerprint density at radius 1 is 1.07 bits per heavy atom. The highest BCUT2D eigenvalue weighted by molar-refractivity contribution is 6.62. The van der Waals surface area contributed by atoms with Crippen LogP contribution < -0.4 is 5.46 Å². The lowest BCUT2D eigenvalue weighted by Gasteiger charge is -2.32. The summed E-state index contributed by atoms with van der Waals surface area (Å²) in [5.41, 5.74) is 2.61. The molecule has 1 saturated heterocycles. The molecule has 2 aliphatic rings. The molecule has 0 radical (unpaired) electrons. The van der Waals surface area contributed by atoms with Gasteiger partial charge in [-0.1, -0.05) is 30.4 Å². The van der Waals surface area contributed by atoms with Crippen LogP contribution in [0.1, 0.15) is 51.8 Å². The van der Waals surface area contributed by atoms with Crippen molar-refractivity contribution in [3.63, 3.8) is 0 Å². The highest BCUT2D eigenvalue weighted by Gasteiger charge is 2.52. The van der Waals surface area contributed by atoms with Gasteiger partial charge in [0.25, 0.3) is 0 Å². The van der Waals surface area contributed by atoms with Crippen molar-refractivity contribution in [3.05, 3.63) is 53.5 Å². The molecule has 0 unspecified atom stereocenters.